The number of nitrogens with zero attached hydrogens (tertiary/aromatic N) is 2. The summed E-state index contributed by atoms with van der Waals surface area (Å²) in [7, 11) is 0. The molecule has 0 spiro atoms. The third-order valence-corrected chi connectivity index (χ3v) is 3.80. The molecule has 0 amide bonds. The van der Waals surface area contributed by atoms with E-state index in [2.05, 4.69) is 34.7 Å². The molecule has 0 aliphatic rings. The summed E-state index contributed by atoms with van der Waals surface area (Å²) in [5.74, 6) is 0. The Balaban J connectivity index is 0.00000161. The molecule has 0 radical (unpaired) electrons. The normalized spacial score (nSPS) is 10.8. The number of carbonyl (C=O) groups excluding carboxylic acids is 1. The van der Waals surface area contributed by atoms with Crippen molar-refractivity contribution in [2.75, 3.05) is 0 Å². The summed E-state index contributed by atoms with van der Waals surface area (Å²) < 4.78 is 2.34. The number of fused-ring (bicyclic) bond motifs is 3. The summed E-state index contributed by atoms with van der Waals surface area (Å²) in [4.78, 5) is 15.4. The van der Waals surface area contributed by atoms with Gasteiger partial charge in [0.15, 0.2) is 6.29 Å². The molecule has 110 valence electrons. The molecule has 3 aromatic rings. The lowest BCUT2D eigenvalue weighted by Crippen LogP contribution is -2.00. The lowest BCUT2D eigenvalue weighted by molar-refractivity contribution is 0.111. The van der Waals surface area contributed by atoms with Crippen molar-refractivity contribution in [3.8, 4) is 0 Å². The van der Waals surface area contributed by atoms with E-state index < -0.39 is 0 Å². The van der Waals surface area contributed by atoms with Crippen LogP contribution in [0.4, 0.5) is 0 Å². The first kappa shape index (κ1) is 15.5. The average Bonchev–Trinajstić information content (AvgIpc) is 2.80. The Morgan fingerprint density at radius 3 is 2.71 bits per heavy atom. The molecule has 0 atom stereocenters. The Morgan fingerprint density at radius 2 is 2.00 bits per heavy atom. The van der Waals surface area contributed by atoms with Crippen molar-refractivity contribution >= 4 is 40.5 Å². The fourth-order valence-corrected chi connectivity index (χ4v) is 2.90. The summed E-state index contributed by atoms with van der Waals surface area (Å²) in [6, 6.07) is 10.3. The standard InChI is InChI=1S/C17H18N2O.ClH/c1-3-4-9-19-16-8-6-5-7-14(16)15-10-13(11-20)18-12(2)17(15)19;/h5-8,10-11H,3-4,9H2,1-2H3;1H. The zero-order valence-corrected chi connectivity index (χ0v) is 13.1. The molecule has 0 unspecified atom stereocenters. The van der Waals surface area contributed by atoms with Gasteiger partial charge < -0.3 is 4.57 Å². The number of benzene rings is 1. The second-order valence-electron chi connectivity index (χ2n) is 5.17. The minimum atomic E-state index is 0. The van der Waals surface area contributed by atoms with Gasteiger partial charge in [-0.25, -0.2) is 4.98 Å². The van der Waals surface area contributed by atoms with Gasteiger partial charge in [-0.05, 0) is 25.5 Å². The Morgan fingerprint density at radius 1 is 1.24 bits per heavy atom. The Kier molecular flexibility index (Phi) is 4.63. The molecule has 4 heteroatoms. The number of para-hydroxylation sites is 1. The number of pyridine rings is 1. The van der Waals surface area contributed by atoms with Crippen LogP contribution in [0.5, 0.6) is 0 Å². The van der Waals surface area contributed by atoms with Crippen molar-refractivity contribution in [1.29, 1.82) is 0 Å². The maximum atomic E-state index is 11.0. The van der Waals surface area contributed by atoms with Crippen molar-refractivity contribution in [3.05, 3.63) is 41.7 Å². The average molecular weight is 303 g/mol. The van der Waals surface area contributed by atoms with E-state index in [1.165, 1.54) is 10.9 Å². The zero-order chi connectivity index (χ0) is 14.1. The summed E-state index contributed by atoms with van der Waals surface area (Å²) >= 11 is 0. The SMILES string of the molecule is CCCCn1c2ccccc2c2cc(C=O)nc(C)c21.Cl. The van der Waals surface area contributed by atoms with Crippen LogP contribution in [0.25, 0.3) is 21.8 Å². The third-order valence-electron chi connectivity index (χ3n) is 3.80. The molecule has 0 fully saturated rings. The quantitative estimate of drug-likeness (QED) is 0.664. The van der Waals surface area contributed by atoms with Gasteiger partial charge in [-0.3, -0.25) is 4.79 Å². The predicted molar refractivity (Wildman–Crippen MR) is 89.5 cm³/mol. The van der Waals surface area contributed by atoms with Crippen molar-refractivity contribution in [2.24, 2.45) is 0 Å². The number of aromatic nitrogens is 2. The smallest absolute Gasteiger partial charge is 0.168 e. The highest BCUT2D eigenvalue weighted by molar-refractivity contribution is 6.09. The van der Waals surface area contributed by atoms with Crippen LogP contribution in [0.3, 0.4) is 0 Å². The summed E-state index contributed by atoms with van der Waals surface area (Å²) in [5.41, 5.74) is 3.82. The fourth-order valence-electron chi connectivity index (χ4n) is 2.90. The maximum absolute atomic E-state index is 11.0. The molecular formula is C17H19ClN2O. The monoisotopic (exact) mass is 302 g/mol. The lowest BCUT2D eigenvalue weighted by Gasteiger charge is -2.08. The molecule has 0 aliphatic carbocycles. The van der Waals surface area contributed by atoms with E-state index in [1.807, 2.05) is 19.1 Å². The number of carbonyl (C=O) groups is 1. The fraction of sp³-hybridized carbons (Fsp3) is 0.294. The molecule has 0 N–H and O–H groups in total. The molecule has 3 nitrogen and oxygen atoms in total. The second kappa shape index (κ2) is 6.27. The van der Waals surface area contributed by atoms with Crippen LogP contribution in [-0.4, -0.2) is 15.8 Å². The summed E-state index contributed by atoms with van der Waals surface area (Å²) in [6.45, 7) is 5.17. The molecule has 0 saturated heterocycles. The first-order chi connectivity index (χ1) is 9.76. The van der Waals surface area contributed by atoms with Gasteiger partial charge in [-0.15, -0.1) is 12.4 Å². The number of rotatable bonds is 4. The number of halogens is 1. The first-order valence-electron chi connectivity index (χ1n) is 7.10. The largest absolute Gasteiger partial charge is 0.339 e. The Labute approximate surface area is 130 Å². The number of hydrogen-bond donors (Lipinski definition) is 0. The van der Waals surface area contributed by atoms with Gasteiger partial charge in [0.1, 0.15) is 5.69 Å². The van der Waals surface area contributed by atoms with Gasteiger partial charge in [-0.2, -0.15) is 0 Å². The van der Waals surface area contributed by atoms with Crippen LogP contribution in [-0.2, 0) is 6.54 Å². The van der Waals surface area contributed by atoms with E-state index in [0.29, 0.717) is 5.69 Å². The molecule has 1 aromatic carbocycles. The Bertz CT molecular complexity index is 792. The minimum absolute atomic E-state index is 0. The number of aldehydes is 1. The van der Waals surface area contributed by atoms with E-state index in [0.717, 1.165) is 42.3 Å². The van der Waals surface area contributed by atoms with E-state index in [9.17, 15) is 4.79 Å². The van der Waals surface area contributed by atoms with Crippen LogP contribution in [0, 0.1) is 6.92 Å². The number of unbranched alkanes of at least 4 members (excludes halogenated alkanes) is 1. The van der Waals surface area contributed by atoms with E-state index >= 15 is 0 Å². The molecule has 2 aromatic heterocycles. The van der Waals surface area contributed by atoms with Gasteiger partial charge in [0.2, 0.25) is 0 Å². The summed E-state index contributed by atoms with van der Waals surface area (Å²) in [5, 5.41) is 2.33. The van der Waals surface area contributed by atoms with Gasteiger partial charge in [0, 0.05) is 22.8 Å². The van der Waals surface area contributed by atoms with Crippen LogP contribution >= 0.6 is 12.4 Å². The van der Waals surface area contributed by atoms with E-state index in [4.69, 9.17) is 0 Å². The van der Waals surface area contributed by atoms with Crippen LogP contribution in [0.1, 0.15) is 35.9 Å². The number of hydrogen-bond acceptors (Lipinski definition) is 2. The molecule has 21 heavy (non-hydrogen) atoms. The molecule has 2 heterocycles. The Hall–Kier alpha value is -1.87. The topological polar surface area (TPSA) is 34.9 Å². The van der Waals surface area contributed by atoms with E-state index in [1.54, 1.807) is 0 Å². The first-order valence-corrected chi connectivity index (χ1v) is 7.10. The highest BCUT2D eigenvalue weighted by atomic mass is 35.5. The molecular weight excluding hydrogens is 284 g/mol. The van der Waals surface area contributed by atoms with Crippen LogP contribution in [0.15, 0.2) is 30.3 Å². The summed E-state index contributed by atoms with van der Waals surface area (Å²) in [6.07, 6.45) is 3.13. The third kappa shape index (κ3) is 2.54. The zero-order valence-electron chi connectivity index (χ0n) is 12.3. The highest BCUT2D eigenvalue weighted by Crippen LogP contribution is 2.31. The predicted octanol–water partition coefficient (Wildman–Crippen LogP) is 4.53. The van der Waals surface area contributed by atoms with Gasteiger partial charge in [0.05, 0.1) is 11.2 Å². The molecule has 3 rings (SSSR count). The van der Waals surface area contributed by atoms with Crippen LogP contribution in [0.2, 0.25) is 0 Å². The minimum Gasteiger partial charge on any atom is -0.339 e. The van der Waals surface area contributed by atoms with Gasteiger partial charge >= 0.3 is 0 Å². The molecule has 0 saturated carbocycles. The van der Waals surface area contributed by atoms with Gasteiger partial charge in [0.25, 0.3) is 0 Å². The van der Waals surface area contributed by atoms with E-state index in [-0.39, 0.29) is 12.4 Å². The highest BCUT2D eigenvalue weighted by Gasteiger charge is 2.13. The number of aryl methyl sites for hydroxylation is 2. The van der Waals surface area contributed by atoms with Crippen LogP contribution < -0.4 is 0 Å². The van der Waals surface area contributed by atoms with Gasteiger partial charge in [-0.1, -0.05) is 31.5 Å². The van der Waals surface area contributed by atoms with Crippen molar-refractivity contribution in [1.82, 2.24) is 9.55 Å². The van der Waals surface area contributed by atoms with Crippen molar-refractivity contribution in [3.63, 3.8) is 0 Å². The van der Waals surface area contributed by atoms with Crippen molar-refractivity contribution < 1.29 is 4.79 Å². The lowest BCUT2D eigenvalue weighted by atomic mass is 10.1. The molecule has 0 aliphatic heterocycles. The molecule has 0 bridgehead atoms. The maximum Gasteiger partial charge on any atom is 0.168 e. The second-order valence-corrected chi connectivity index (χ2v) is 5.17. The van der Waals surface area contributed by atoms with Crippen molar-refractivity contribution in [2.45, 2.75) is 33.2 Å².